The normalized spacial score (nSPS) is 15.0. The van der Waals surface area contributed by atoms with Crippen molar-refractivity contribution in [3.63, 3.8) is 0 Å². The molecule has 1 fully saturated rings. The predicted octanol–water partition coefficient (Wildman–Crippen LogP) is 2.45. The van der Waals surface area contributed by atoms with Crippen molar-refractivity contribution in [1.29, 1.82) is 0 Å². The maximum absolute atomic E-state index is 12.0. The Bertz CT molecular complexity index is 723. The van der Waals surface area contributed by atoms with E-state index in [4.69, 9.17) is 9.15 Å². The highest BCUT2D eigenvalue weighted by Crippen LogP contribution is 2.18. The molecule has 3 rings (SSSR count). The third-order valence-corrected chi connectivity index (χ3v) is 4.20. The van der Waals surface area contributed by atoms with Crippen LogP contribution in [0.4, 0.5) is 5.82 Å². The van der Waals surface area contributed by atoms with Crippen molar-refractivity contribution in [2.45, 2.75) is 6.54 Å². The van der Waals surface area contributed by atoms with E-state index in [2.05, 4.69) is 37.8 Å². The van der Waals surface area contributed by atoms with E-state index in [-0.39, 0.29) is 5.91 Å². The van der Waals surface area contributed by atoms with Gasteiger partial charge < -0.3 is 19.4 Å². The summed E-state index contributed by atoms with van der Waals surface area (Å²) in [5.41, 5.74) is 0.994. The van der Waals surface area contributed by atoms with Crippen molar-refractivity contribution in [3.8, 4) is 0 Å². The highest BCUT2D eigenvalue weighted by Gasteiger charge is 2.15. The zero-order chi connectivity index (χ0) is 16.8. The van der Waals surface area contributed by atoms with E-state index in [1.807, 2.05) is 24.3 Å². The number of pyridine rings is 1. The largest absolute Gasteiger partial charge is 0.451 e. The Morgan fingerprint density at radius 3 is 2.92 bits per heavy atom. The average Bonchev–Trinajstić information content (AvgIpc) is 3.04. The van der Waals surface area contributed by atoms with Crippen LogP contribution < -0.4 is 10.2 Å². The summed E-state index contributed by atoms with van der Waals surface area (Å²) in [6.45, 7) is 3.46. The van der Waals surface area contributed by atoms with Crippen molar-refractivity contribution < 1.29 is 13.9 Å². The second-order valence-corrected chi connectivity index (χ2v) is 6.34. The van der Waals surface area contributed by atoms with E-state index >= 15 is 0 Å². The fourth-order valence-electron chi connectivity index (χ4n) is 2.45. The molecule has 126 valence electrons. The molecule has 24 heavy (non-hydrogen) atoms. The Morgan fingerprint density at radius 1 is 1.33 bits per heavy atom. The van der Waals surface area contributed by atoms with E-state index in [1.165, 1.54) is 6.08 Å². The van der Waals surface area contributed by atoms with Crippen LogP contribution in [0.25, 0.3) is 6.08 Å². The molecule has 0 aliphatic carbocycles. The van der Waals surface area contributed by atoms with Gasteiger partial charge >= 0.3 is 0 Å². The molecule has 0 saturated carbocycles. The van der Waals surface area contributed by atoms with Gasteiger partial charge in [0.25, 0.3) is 0 Å². The van der Waals surface area contributed by atoms with Crippen molar-refractivity contribution in [2.24, 2.45) is 0 Å². The number of nitrogens with zero attached hydrogens (tertiary/aromatic N) is 2. The molecule has 1 aliphatic heterocycles. The van der Waals surface area contributed by atoms with Gasteiger partial charge in [0.15, 0.2) is 3.77 Å². The second-order valence-electron chi connectivity index (χ2n) is 5.28. The molecule has 6 nitrogen and oxygen atoms in total. The number of aromatic nitrogens is 1. The number of halogens is 1. The number of ether oxygens (including phenoxy) is 1. The van der Waals surface area contributed by atoms with Gasteiger partial charge in [-0.15, -0.1) is 0 Å². The quantitative estimate of drug-likeness (QED) is 0.573. The molecule has 2 aromatic heterocycles. The minimum atomic E-state index is -0.168. The van der Waals surface area contributed by atoms with Gasteiger partial charge in [-0.1, -0.05) is 6.07 Å². The summed E-state index contributed by atoms with van der Waals surface area (Å²) in [4.78, 5) is 18.6. The molecular formula is C17H18IN3O3. The van der Waals surface area contributed by atoms with Crippen molar-refractivity contribution >= 4 is 40.4 Å². The standard InChI is InChI=1S/C17H18IN3O3/c18-15-5-3-14(24-15)4-6-16(22)20-12-13-2-1-7-19-17(13)21-8-10-23-11-9-21/h1-7H,8-12H2,(H,20,22)/b6-4+. The summed E-state index contributed by atoms with van der Waals surface area (Å²) in [5.74, 6) is 1.40. The monoisotopic (exact) mass is 439 g/mol. The third kappa shape index (κ3) is 4.57. The highest BCUT2D eigenvalue weighted by atomic mass is 127. The first-order chi connectivity index (χ1) is 11.7. The molecule has 7 heteroatoms. The molecule has 1 amide bonds. The number of anilines is 1. The summed E-state index contributed by atoms with van der Waals surface area (Å²) in [6, 6.07) is 7.54. The SMILES string of the molecule is O=C(/C=C/c1ccc(I)o1)NCc1cccnc1N1CCOCC1. The first-order valence-electron chi connectivity index (χ1n) is 7.70. The Kier molecular flexibility index (Phi) is 5.86. The second kappa shape index (κ2) is 8.29. The maximum atomic E-state index is 12.0. The maximum Gasteiger partial charge on any atom is 0.244 e. The molecular weight excluding hydrogens is 421 g/mol. The molecule has 0 unspecified atom stereocenters. The van der Waals surface area contributed by atoms with Crippen LogP contribution in [-0.2, 0) is 16.1 Å². The van der Waals surface area contributed by atoms with Crippen LogP contribution in [0.1, 0.15) is 11.3 Å². The third-order valence-electron chi connectivity index (χ3n) is 3.62. The fourth-order valence-corrected chi connectivity index (χ4v) is 2.88. The van der Waals surface area contributed by atoms with Gasteiger partial charge in [-0.25, -0.2) is 4.98 Å². The highest BCUT2D eigenvalue weighted by molar-refractivity contribution is 14.1. The lowest BCUT2D eigenvalue weighted by Crippen LogP contribution is -2.37. The smallest absolute Gasteiger partial charge is 0.244 e. The molecule has 0 radical (unpaired) electrons. The lowest BCUT2D eigenvalue weighted by atomic mass is 10.2. The van der Waals surface area contributed by atoms with Gasteiger partial charge in [0.1, 0.15) is 11.6 Å². The van der Waals surface area contributed by atoms with Crippen LogP contribution in [0.5, 0.6) is 0 Å². The molecule has 0 bridgehead atoms. The van der Waals surface area contributed by atoms with Gasteiger partial charge in [-0.05, 0) is 46.9 Å². The van der Waals surface area contributed by atoms with E-state index < -0.39 is 0 Å². The number of hydrogen-bond acceptors (Lipinski definition) is 5. The summed E-state index contributed by atoms with van der Waals surface area (Å²) >= 11 is 2.09. The zero-order valence-electron chi connectivity index (χ0n) is 13.1. The molecule has 1 saturated heterocycles. The van der Waals surface area contributed by atoms with Crippen molar-refractivity contribution in [2.75, 3.05) is 31.2 Å². The minimum Gasteiger partial charge on any atom is -0.451 e. The van der Waals surface area contributed by atoms with Crippen LogP contribution in [0, 0.1) is 3.77 Å². The van der Waals surface area contributed by atoms with Gasteiger partial charge in [0.2, 0.25) is 5.91 Å². The van der Waals surface area contributed by atoms with Gasteiger partial charge in [0, 0.05) is 37.5 Å². The van der Waals surface area contributed by atoms with Crippen LogP contribution in [-0.4, -0.2) is 37.2 Å². The topological polar surface area (TPSA) is 67.6 Å². The first-order valence-corrected chi connectivity index (χ1v) is 8.78. The zero-order valence-corrected chi connectivity index (χ0v) is 15.2. The first kappa shape index (κ1) is 17.0. The number of nitrogens with one attached hydrogen (secondary N) is 1. The predicted molar refractivity (Wildman–Crippen MR) is 99.6 cm³/mol. The number of hydrogen-bond donors (Lipinski definition) is 1. The van der Waals surface area contributed by atoms with Crippen molar-refractivity contribution in [3.05, 3.63) is 51.6 Å². The molecule has 0 spiro atoms. The summed E-state index contributed by atoms with van der Waals surface area (Å²) < 4.78 is 11.6. The molecule has 0 aromatic carbocycles. The summed E-state index contributed by atoms with van der Waals surface area (Å²) in [6.07, 6.45) is 4.90. The Balaban J connectivity index is 1.60. The van der Waals surface area contributed by atoms with E-state index in [9.17, 15) is 4.79 Å². The van der Waals surface area contributed by atoms with Gasteiger partial charge in [-0.3, -0.25) is 4.79 Å². The molecule has 1 aliphatic rings. The van der Waals surface area contributed by atoms with Crippen molar-refractivity contribution in [1.82, 2.24) is 10.3 Å². The average molecular weight is 439 g/mol. The van der Waals surface area contributed by atoms with E-state index in [0.717, 1.165) is 28.2 Å². The van der Waals surface area contributed by atoms with Crippen LogP contribution >= 0.6 is 22.6 Å². The number of morpholine rings is 1. The van der Waals surface area contributed by atoms with E-state index in [1.54, 1.807) is 12.3 Å². The molecule has 3 heterocycles. The lowest BCUT2D eigenvalue weighted by molar-refractivity contribution is -0.116. The number of carbonyl (C=O) groups is 1. The molecule has 0 atom stereocenters. The minimum absolute atomic E-state index is 0.168. The van der Waals surface area contributed by atoms with Gasteiger partial charge in [0.05, 0.1) is 13.2 Å². The number of rotatable bonds is 5. The number of carbonyl (C=O) groups excluding carboxylic acids is 1. The van der Waals surface area contributed by atoms with Crippen LogP contribution in [0.3, 0.4) is 0 Å². The van der Waals surface area contributed by atoms with Crippen LogP contribution in [0.2, 0.25) is 0 Å². The fraction of sp³-hybridized carbons (Fsp3) is 0.294. The van der Waals surface area contributed by atoms with E-state index in [0.29, 0.717) is 25.5 Å². The number of furan rings is 1. The Labute approximate surface area is 154 Å². The molecule has 2 aromatic rings. The summed E-state index contributed by atoms with van der Waals surface area (Å²) in [7, 11) is 0. The Morgan fingerprint density at radius 2 is 2.17 bits per heavy atom. The summed E-state index contributed by atoms with van der Waals surface area (Å²) in [5, 5.41) is 2.89. The number of amides is 1. The van der Waals surface area contributed by atoms with Gasteiger partial charge in [-0.2, -0.15) is 0 Å². The van der Waals surface area contributed by atoms with Crippen LogP contribution in [0.15, 0.2) is 41.0 Å². The Hall–Kier alpha value is -1.87. The lowest BCUT2D eigenvalue weighted by Gasteiger charge is -2.29. The molecule has 1 N–H and O–H groups in total.